The van der Waals surface area contributed by atoms with E-state index in [0.29, 0.717) is 24.4 Å². The van der Waals surface area contributed by atoms with Gasteiger partial charge in [-0.05, 0) is 54.0 Å². The zero-order valence-electron chi connectivity index (χ0n) is 19.8. The van der Waals surface area contributed by atoms with Crippen molar-refractivity contribution in [3.8, 4) is 0 Å². The lowest BCUT2D eigenvalue weighted by Gasteiger charge is -2.40. The number of hydrogen-bond donors (Lipinski definition) is 3. The predicted octanol–water partition coefficient (Wildman–Crippen LogP) is 5.88. The van der Waals surface area contributed by atoms with E-state index >= 15 is 0 Å². The highest BCUT2D eigenvalue weighted by atomic mass is 32.1. The van der Waals surface area contributed by atoms with Gasteiger partial charge in [-0.1, -0.05) is 57.4 Å². The molecule has 0 heterocycles. The molecule has 6 heteroatoms. The first-order valence-electron chi connectivity index (χ1n) is 11.9. The zero-order chi connectivity index (χ0) is 24.0. The standard InChI is InChI=1S/C27H36F2N2OS/c1-18(2)21-8-7-9-22(15-21)27(10-5-4-6-11-27)30-17-26(33)25(31-19(3)32)14-20-12-23(28)16-24(29)13-20/h7-9,12-13,15-16,18,25-26,30,33H,4-6,10-11,14,17H2,1-3H3,(H,31,32). The number of halogens is 2. The van der Waals surface area contributed by atoms with E-state index in [4.69, 9.17) is 12.6 Å². The van der Waals surface area contributed by atoms with Crippen molar-refractivity contribution in [3.63, 3.8) is 0 Å². The molecule has 2 unspecified atom stereocenters. The molecule has 1 aliphatic rings. The molecular weight excluding hydrogens is 438 g/mol. The minimum Gasteiger partial charge on any atom is -0.352 e. The van der Waals surface area contributed by atoms with Crippen LogP contribution in [0, 0.1) is 11.6 Å². The Labute approximate surface area is 202 Å². The third kappa shape index (κ3) is 7.03. The van der Waals surface area contributed by atoms with Gasteiger partial charge in [-0.2, -0.15) is 12.6 Å². The van der Waals surface area contributed by atoms with Gasteiger partial charge in [-0.25, -0.2) is 8.78 Å². The van der Waals surface area contributed by atoms with Gasteiger partial charge in [-0.3, -0.25) is 4.79 Å². The van der Waals surface area contributed by atoms with Gasteiger partial charge in [0.05, 0.1) is 0 Å². The van der Waals surface area contributed by atoms with Crippen molar-refractivity contribution in [1.82, 2.24) is 10.6 Å². The monoisotopic (exact) mass is 474 g/mol. The van der Waals surface area contributed by atoms with Crippen LogP contribution in [0.25, 0.3) is 0 Å². The normalized spacial score (nSPS) is 17.5. The molecule has 2 N–H and O–H groups in total. The highest BCUT2D eigenvalue weighted by molar-refractivity contribution is 7.81. The summed E-state index contributed by atoms with van der Waals surface area (Å²) in [5.41, 5.74) is 3.00. The van der Waals surface area contributed by atoms with Crippen molar-refractivity contribution in [1.29, 1.82) is 0 Å². The fraction of sp³-hybridized carbons (Fsp3) is 0.519. The van der Waals surface area contributed by atoms with Crippen LogP contribution in [0.15, 0.2) is 42.5 Å². The van der Waals surface area contributed by atoms with Gasteiger partial charge in [0.25, 0.3) is 0 Å². The van der Waals surface area contributed by atoms with E-state index in [-0.39, 0.29) is 22.7 Å². The molecule has 2 aromatic carbocycles. The number of amides is 1. The number of nitrogens with one attached hydrogen (secondary N) is 2. The summed E-state index contributed by atoms with van der Waals surface area (Å²) in [6, 6.07) is 12.0. The molecule has 33 heavy (non-hydrogen) atoms. The Morgan fingerprint density at radius 3 is 2.33 bits per heavy atom. The first-order valence-corrected chi connectivity index (χ1v) is 12.5. The molecule has 0 bridgehead atoms. The molecule has 0 aliphatic heterocycles. The van der Waals surface area contributed by atoms with Gasteiger partial charge in [-0.15, -0.1) is 0 Å². The van der Waals surface area contributed by atoms with Crippen LogP contribution in [0.5, 0.6) is 0 Å². The van der Waals surface area contributed by atoms with Crippen LogP contribution in [0.4, 0.5) is 8.78 Å². The van der Waals surface area contributed by atoms with Crippen LogP contribution < -0.4 is 10.6 Å². The highest BCUT2D eigenvalue weighted by Gasteiger charge is 2.35. The summed E-state index contributed by atoms with van der Waals surface area (Å²) in [6.45, 7) is 6.43. The predicted molar refractivity (Wildman–Crippen MR) is 134 cm³/mol. The molecule has 0 saturated heterocycles. The second-order valence-electron chi connectivity index (χ2n) is 9.66. The molecule has 0 radical (unpaired) electrons. The Morgan fingerprint density at radius 2 is 1.73 bits per heavy atom. The van der Waals surface area contributed by atoms with Crippen molar-refractivity contribution >= 4 is 18.5 Å². The Hall–Kier alpha value is -1.92. The highest BCUT2D eigenvalue weighted by Crippen LogP contribution is 2.38. The molecule has 180 valence electrons. The molecular formula is C27H36F2N2OS. The second kappa shape index (κ2) is 11.5. The molecule has 2 atom stereocenters. The summed E-state index contributed by atoms with van der Waals surface area (Å²) in [5, 5.41) is 6.51. The van der Waals surface area contributed by atoms with Crippen LogP contribution in [-0.4, -0.2) is 23.7 Å². The van der Waals surface area contributed by atoms with Crippen LogP contribution in [0.1, 0.15) is 75.5 Å². The maximum atomic E-state index is 13.7. The summed E-state index contributed by atoms with van der Waals surface area (Å²) >= 11 is 4.82. The van der Waals surface area contributed by atoms with Crippen LogP contribution >= 0.6 is 12.6 Å². The third-order valence-corrected chi connectivity index (χ3v) is 7.24. The van der Waals surface area contributed by atoms with Crippen LogP contribution in [-0.2, 0) is 16.8 Å². The number of carbonyl (C=O) groups excluding carboxylic acids is 1. The van der Waals surface area contributed by atoms with Gasteiger partial charge in [0, 0.05) is 36.4 Å². The quantitative estimate of drug-likeness (QED) is 0.397. The van der Waals surface area contributed by atoms with E-state index in [2.05, 4.69) is 48.7 Å². The van der Waals surface area contributed by atoms with E-state index in [1.54, 1.807) is 0 Å². The minimum absolute atomic E-state index is 0.129. The number of rotatable bonds is 9. The van der Waals surface area contributed by atoms with E-state index in [9.17, 15) is 13.6 Å². The van der Waals surface area contributed by atoms with Crippen molar-refractivity contribution in [2.24, 2.45) is 0 Å². The second-order valence-corrected chi connectivity index (χ2v) is 10.3. The fourth-order valence-electron chi connectivity index (χ4n) is 4.89. The number of carbonyl (C=O) groups is 1. The fourth-order valence-corrected chi connectivity index (χ4v) is 5.16. The molecule has 2 aromatic rings. The molecule has 1 saturated carbocycles. The largest absolute Gasteiger partial charge is 0.352 e. The Bertz CT molecular complexity index is 923. The third-order valence-electron chi connectivity index (χ3n) is 6.69. The molecule has 3 rings (SSSR count). The average Bonchev–Trinajstić information content (AvgIpc) is 2.77. The average molecular weight is 475 g/mol. The van der Waals surface area contributed by atoms with Crippen molar-refractivity contribution in [2.45, 2.75) is 82.0 Å². The first-order chi connectivity index (χ1) is 15.7. The van der Waals surface area contributed by atoms with E-state index in [0.717, 1.165) is 31.7 Å². The van der Waals surface area contributed by atoms with Crippen molar-refractivity contribution in [3.05, 3.63) is 70.8 Å². The lowest BCUT2D eigenvalue weighted by molar-refractivity contribution is -0.119. The summed E-state index contributed by atoms with van der Waals surface area (Å²) in [6.07, 6.45) is 5.96. The van der Waals surface area contributed by atoms with Gasteiger partial charge in [0.1, 0.15) is 11.6 Å². The first kappa shape index (κ1) is 25.7. The van der Waals surface area contributed by atoms with Gasteiger partial charge in [0.15, 0.2) is 0 Å². The summed E-state index contributed by atoms with van der Waals surface area (Å²) in [5.74, 6) is -0.967. The summed E-state index contributed by atoms with van der Waals surface area (Å²) < 4.78 is 27.4. The molecule has 0 aromatic heterocycles. The Morgan fingerprint density at radius 1 is 1.06 bits per heavy atom. The lowest BCUT2D eigenvalue weighted by atomic mass is 9.75. The molecule has 1 aliphatic carbocycles. The van der Waals surface area contributed by atoms with E-state index < -0.39 is 11.6 Å². The number of benzene rings is 2. The molecule has 1 fully saturated rings. The SMILES string of the molecule is CC(=O)NC(Cc1cc(F)cc(F)c1)C(S)CNC1(c2cccc(C(C)C)c2)CCCCC1. The van der Waals surface area contributed by atoms with E-state index in [1.165, 1.54) is 36.6 Å². The Kier molecular flexibility index (Phi) is 8.94. The topological polar surface area (TPSA) is 41.1 Å². The van der Waals surface area contributed by atoms with Crippen molar-refractivity contribution < 1.29 is 13.6 Å². The van der Waals surface area contributed by atoms with Gasteiger partial charge < -0.3 is 10.6 Å². The molecule has 3 nitrogen and oxygen atoms in total. The van der Waals surface area contributed by atoms with Crippen molar-refractivity contribution in [2.75, 3.05) is 6.54 Å². The van der Waals surface area contributed by atoms with Crippen LogP contribution in [0.3, 0.4) is 0 Å². The number of thiol groups is 1. The summed E-state index contributed by atoms with van der Waals surface area (Å²) in [4.78, 5) is 11.9. The Balaban J connectivity index is 1.78. The number of hydrogen-bond acceptors (Lipinski definition) is 3. The summed E-state index contributed by atoms with van der Waals surface area (Å²) in [7, 11) is 0. The van der Waals surface area contributed by atoms with Gasteiger partial charge in [0.2, 0.25) is 5.91 Å². The zero-order valence-corrected chi connectivity index (χ0v) is 20.7. The maximum Gasteiger partial charge on any atom is 0.217 e. The van der Waals surface area contributed by atoms with Gasteiger partial charge >= 0.3 is 0 Å². The van der Waals surface area contributed by atoms with E-state index in [1.807, 2.05) is 0 Å². The smallest absolute Gasteiger partial charge is 0.217 e. The van der Waals surface area contributed by atoms with Crippen LogP contribution in [0.2, 0.25) is 0 Å². The molecule has 0 spiro atoms. The lowest BCUT2D eigenvalue weighted by Crippen LogP contribution is -2.51. The minimum atomic E-state index is -0.619. The molecule has 1 amide bonds. The maximum absolute atomic E-state index is 13.7.